The second kappa shape index (κ2) is 7.25. The molecule has 0 N–H and O–H groups in total. The van der Waals surface area contributed by atoms with Crippen LogP contribution in [-0.4, -0.2) is 15.8 Å². The van der Waals surface area contributed by atoms with Crippen molar-refractivity contribution in [3.05, 3.63) is 89.6 Å². The molecule has 0 saturated carbocycles. The molecule has 3 aromatic rings. The number of hydrogen-bond donors (Lipinski definition) is 0. The molecule has 0 aliphatic carbocycles. The van der Waals surface area contributed by atoms with Crippen molar-refractivity contribution in [2.75, 3.05) is 0 Å². The predicted octanol–water partition coefficient (Wildman–Crippen LogP) is 3.39. The van der Waals surface area contributed by atoms with E-state index in [-0.39, 0.29) is 5.91 Å². The maximum Gasteiger partial charge on any atom is 0.254 e. The van der Waals surface area contributed by atoms with E-state index in [1.807, 2.05) is 30.3 Å². The third kappa shape index (κ3) is 3.68. The molecule has 1 amide bonds. The predicted molar refractivity (Wildman–Crippen MR) is 87.7 cm³/mol. The Kier molecular flexibility index (Phi) is 4.68. The fraction of sp³-hybridized carbons (Fsp3) is 0.105. The Labute approximate surface area is 139 Å². The van der Waals surface area contributed by atoms with E-state index in [0.29, 0.717) is 30.0 Å². The molecule has 1 aromatic carbocycles. The first-order chi connectivity index (χ1) is 11.8. The van der Waals surface area contributed by atoms with Crippen molar-refractivity contribution in [2.45, 2.75) is 13.1 Å². The maximum absolute atomic E-state index is 12.8. The van der Waals surface area contributed by atoms with Crippen LogP contribution in [0.4, 0.5) is 0 Å². The number of furan rings is 1. The first kappa shape index (κ1) is 15.5. The fourth-order valence-corrected chi connectivity index (χ4v) is 2.35. The van der Waals surface area contributed by atoms with Gasteiger partial charge in [0.2, 0.25) is 0 Å². The molecule has 2 heterocycles. The monoisotopic (exact) mass is 317 g/mol. The molecule has 0 fully saturated rings. The van der Waals surface area contributed by atoms with E-state index in [9.17, 15) is 4.79 Å². The number of hydrogen-bond acceptors (Lipinski definition) is 4. The number of nitrogens with zero attached hydrogens (tertiary/aromatic N) is 3. The summed E-state index contributed by atoms with van der Waals surface area (Å²) >= 11 is 0. The van der Waals surface area contributed by atoms with E-state index in [0.717, 1.165) is 5.69 Å². The second-order valence-corrected chi connectivity index (χ2v) is 5.25. The summed E-state index contributed by atoms with van der Waals surface area (Å²) in [5.74, 6) is 0.564. The van der Waals surface area contributed by atoms with E-state index in [1.165, 1.54) is 0 Å². The molecule has 0 bridgehead atoms. The first-order valence-electron chi connectivity index (χ1n) is 7.48. The van der Waals surface area contributed by atoms with Crippen molar-refractivity contribution >= 4 is 5.91 Å². The average molecular weight is 317 g/mol. The van der Waals surface area contributed by atoms with Crippen LogP contribution in [-0.2, 0) is 13.1 Å². The lowest BCUT2D eigenvalue weighted by atomic mass is 10.1. The summed E-state index contributed by atoms with van der Waals surface area (Å²) in [4.78, 5) is 18.8. The summed E-state index contributed by atoms with van der Waals surface area (Å²) in [5, 5.41) is 8.88. The summed E-state index contributed by atoms with van der Waals surface area (Å²) in [5.41, 5.74) is 1.84. The molecule has 118 valence electrons. The van der Waals surface area contributed by atoms with Crippen LogP contribution < -0.4 is 0 Å². The van der Waals surface area contributed by atoms with E-state index < -0.39 is 0 Å². The lowest BCUT2D eigenvalue weighted by molar-refractivity contribution is 0.0715. The van der Waals surface area contributed by atoms with Crippen LogP contribution >= 0.6 is 0 Å². The summed E-state index contributed by atoms with van der Waals surface area (Å²) < 4.78 is 5.37. The van der Waals surface area contributed by atoms with E-state index in [1.54, 1.807) is 47.7 Å². The van der Waals surface area contributed by atoms with Crippen molar-refractivity contribution in [1.82, 2.24) is 9.88 Å². The van der Waals surface area contributed by atoms with Gasteiger partial charge in [0.15, 0.2) is 0 Å². The molecule has 0 atom stereocenters. The maximum atomic E-state index is 12.8. The van der Waals surface area contributed by atoms with E-state index in [2.05, 4.69) is 4.98 Å². The molecule has 0 aliphatic heterocycles. The number of carbonyl (C=O) groups is 1. The minimum Gasteiger partial charge on any atom is -0.467 e. The van der Waals surface area contributed by atoms with Gasteiger partial charge in [-0.05, 0) is 48.5 Å². The van der Waals surface area contributed by atoms with Crippen LogP contribution in [0, 0.1) is 11.3 Å². The largest absolute Gasteiger partial charge is 0.467 e. The molecule has 0 aliphatic rings. The van der Waals surface area contributed by atoms with Crippen molar-refractivity contribution in [3.8, 4) is 6.07 Å². The Morgan fingerprint density at radius 2 is 1.92 bits per heavy atom. The van der Waals surface area contributed by atoms with Gasteiger partial charge in [-0.15, -0.1) is 0 Å². The Bertz CT molecular complexity index is 835. The quantitative estimate of drug-likeness (QED) is 0.723. The van der Waals surface area contributed by atoms with Gasteiger partial charge in [0.05, 0.1) is 36.7 Å². The zero-order chi connectivity index (χ0) is 16.8. The standard InChI is InChI=1S/C19H15N3O2/c20-12-15-6-8-16(9-7-15)19(23)22(14-18-5-3-11-24-18)13-17-4-1-2-10-21-17/h1-11H,13-14H2. The lowest BCUT2D eigenvalue weighted by Gasteiger charge is -2.21. The van der Waals surface area contributed by atoms with Crippen LogP contribution in [0.25, 0.3) is 0 Å². The highest BCUT2D eigenvalue weighted by atomic mass is 16.3. The van der Waals surface area contributed by atoms with Gasteiger partial charge in [0, 0.05) is 11.8 Å². The lowest BCUT2D eigenvalue weighted by Crippen LogP contribution is -2.30. The molecule has 3 rings (SSSR count). The van der Waals surface area contributed by atoms with Crippen LogP contribution in [0.1, 0.15) is 27.4 Å². The highest BCUT2D eigenvalue weighted by molar-refractivity contribution is 5.94. The van der Waals surface area contributed by atoms with Crippen molar-refractivity contribution in [3.63, 3.8) is 0 Å². The highest BCUT2D eigenvalue weighted by Gasteiger charge is 2.18. The fourth-order valence-electron chi connectivity index (χ4n) is 2.35. The molecular formula is C19H15N3O2. The summed E-state index contributed by atoms with van der Waals surface area (Å²) in [6.45, 7) is 0.725. The number of pyridine rings is 1. The third-order valence-electron chi connectivity index (χ3n) is 3.55. The second-order valence-electron chi connectivity index (χ2n) is 5.25. The van der Waals surface area contributed by atoms with Crippen molar-refractivity contribution < 1.29 is 9.21 Å². The Morgan fingerprint density at radius 1 is 1.08 bits per heavy atom. The SMILES string of the molecule is N#Cc1ccc(C(=O)N(Cc2ccccn2)Cc2ccco2)cc1. The zero-order valence-corrected chi connectivity index (χ0v) is 12.9. The van der Waals surface area contributed by atoms with Gasteiger partial charge in [-0.25, -0.2) is 0 Å². The first-order valence-corrected chi connectivity index (χ1v) is 7.48. The van der Waals surface area contributed by atoms with E-state index >= 15 is 0 Å². The van der Waals surface area contributed by atoms with Gasteiger partial charge in [0.1, 0.15) is 5.76 Å². The van der Waals surface area contributed by atoms with Crippen LogP contribution in [0.5, 0.6) is 0 Å². The van der Waals surface area contributed by atoms with E-state index in [4.69, 9.17) is 9.68 Å². The molecule has 24 heavy (non-hydrogen) atoms. The van der Waals surface area contributed by atoms with Crippen molar-refractivity contribution in [1.29, 1.82) is 5.26 Å². The minimum absolute atomic E-state index is 0.137. The van der Waals surface area contributed by atoms with Gasteiger partial charge in [-0.3, -0.25) is 9.78 Å². The molecule has 2 aromatic heterocycles. The average Bonchev–Trinajstić information content (AvgIpc) is 3.15. The molecule has 0 unspecified atom stereocenters. The van der Waals surface area contributed by atoms with Gasteiger partial charge in [-0.2, -0.15) is 5.26 Å². The third-order valence-corrected chi connectivity index (χ3v) is 3.55. The topological polar surface area (TPSA) is 70.1 Å². The summed E-state index contributed by atoms with van der Waals surface area (Å²) in [6, 6.07) is 17.9. The molecule has 0 spiro atoms. The Hall–Kier alpha value is -3.39. The Morgan fingerprint density at radius 3 is 2.54 bits per heavy atom. The van der Waals surface area contributed by atoms with Gasteiger partial charge >= 0.3 is 0 Å². The highest BCUT2D eigenvalue weighted by Crippen LogP contribution is 2.14. The van der Waals surface area contributed by atoms with Crippen LogP contribution in [0.3, 0.4) is 0 Å². The number of benzene rings is 1. The van der Waals surface area contributed by atoms with Crippen LogP contribution in [0.15, 0.2) is 71.5 Å². The van der Waals surface area contributed by atoms with Crippen LogP contribution in [0.2, 0.25) is 0 Å². The zero-order valence-electron chi connectivity index (χ0n) is 12.9. The number of rotatable bonds is 5. The summed E-state index contributed by atoms with van der Waals surface area (Å²) in [7, 11) is 0. The Balaban J connectivity index is 1.84. The number of amides is 1. The molecule has 0 radical (unpaired) electrons. The number of carbonyl (C=O) groups excluding carboxylic acids is 1. The molecule has 0 saturated heterocycles. The molecule has 5 nitrogen and oxygen atoms in total. The molecule has 5 heteroatoms. The summed E-state index contributed by atoms with van der Waals surface area (Å²) in [6.07, 6.45) is 3.28. The number of nitriles is 1. The van der Waals surface area contributed by atoms with Gasteiger partial charge in [0.25, 0.3) is 5.91 Å². The number of aromatic nitrogens is 1. The smallest absolute Gasteiger partial charge is 0.254 e. The molecular weight excluding hydrogens is 302 g/mol. The minimum atomic E-state index is -0.137. The van der Waals surface area contributed by atoms with Crippen molar-refractivity contribution in [2.24, 2.45) is 0 Å². The van der Waals surface area contributed by atoms with Gasteiger partial charge in [-0.1, -0.05) is 6.07 Å². The van der Waals surface area contributed by atoms with Gasteiger partial charge < -0.3 is 9.32 Å². The normalized spacial score (nSPS) is 10.1.